The third-order valence-corrected chi connectivity index (χ3v) is 3.44. The number of aliphatic hydroxyl groups is 1. The lowest BCUT2D eigenvalue weighted by molar-refractivity contribution is -0.150. The Labute approximate surface area is 118 Å². The van der Waals surface area contributed by atoms with E-state index in [1.54, 1.807) is 4.90 Å². The Morgan fingerprint density at radius 3 is 2.75 bits per heavy atom. The minimum absolute atomic E-state index is 0.0511. The van der Waals surface area contributed by atoms with Crippen molar-refractivity contribution in [3.63, 3.8) is 0 Å². The van der Waals surface area contributed by atoms with E-state index >= 15 is 0 Å². The Bertz CT molecular complexity index is 514. The molecule has 1 saturated heterocycles. The summed E-state index contributed by atoms with van der Waals surface area (Å²) in [5, 5.41) is 9.27. The Morgan fingerprint density at radius 1 is 1.40 bits per heavy atom. The first-order chi connectivity index (χ1) is 9.47. The highest BCUT2D eigenvalue weighted by atomic mass is 16.3. The summed E-state index contributed by atoms with van der Waals surface area (Å²) in [5.41, 5.74) is 2.26. The van der Waals surface area contributed by atoms with Gasteiger partial charge in [-0.25, -0.2) is 0 Å². The third kappa shape index (κ3) is 3.36. The predicted molar refractivity (Wildman–Crippen MR) is 74.9 cm³/mol. The van der Waals surface area contributed by atoms with Gasteiger partial charge in [-0.3, -0.25) is 9.59 Å². The summed E-state index contributed by atoms with van der Waals surface area (Å²) in [6, 6.07) is 8.04. The van der Waals surface area contributed by atoms with Crippen molar-refractivity contribution >= 4 is 11.8 Å². The maximum Gasteiger partial charge on any atom is 0.251 e. The maximum atomic E-state index is 12.1. The number of piperazine rings is 1. The van der Waals surface area contributed by atoms with Gasteiger partial charge in [-0.1, -0.05) is 29.8 Å². The van der Waals surface area contributed by atoms with Crippen molar-refractivity contribution in [1.29, 1.82) is 0 Å². The van der Waals surface area contributed by atoms with Crippen LogP contribution < -0.4 is 0 Å². The van der Waals surface area contributed by atoms with Crippen LogP contribution in [0.15, 0.2) is 24.3 Å². The van der Waals surface area contributed by atoms with Gasteiger partial charge in [0.2, 0.25) is 5.91 Å². The summed E-state index contributed by atoms with van der Waals surface area (Å²) in [6.07, 6.45) is -1.05. The number of aliphatic hydroxyl groups excluding tert-OH is 1. The summed E-state index contributed by atoms with van der Waals surface area (Å²) in [6.45, 7) is 5.04. The molecule has 0 bridgehead atoms. The molecule has 5 nitrogen and oxygen atoms in total. The van der Waals surface area contributed by atoms with Crippen molar-refractivity contribution in [3.05, 3.63) is 35.4 Å². The van der Waals surface area contributed by atoms with E-state index < -0.39 is 6.10 Å². The quantitative estimate of drug-likeness (QED) is 0.877. The van der Waals surface area contributed by atoms with Crippen molar-refractivity contribution in [3.8, 4) is 0 Å². The van der Waals surface area contributed by atoms with Crippen LogP contribution in [0.4, 0.5) is 0 Å². The van der Waals surface area contributed by atoms with Gasteiger partial charge in [0.1, 0.15) is 6.10 Å². The van der Waals surface area contributed by atoms with Gasteiger partial charge >= 0.3 is 0 Å². The summed E-state index contributed by atoms with van der Waals surface area (Å²) in [5.74, 6) is -0.458. The second kappa shape index (κ2) is 6.05. The van der Waals surface area contributed by atoms with E-state index in [2.05, 4.69) is 6.07 Å². The summed E-state index contributed by atoms with van der Waals surface area (Å²) in [4.78, 5) is 26.9. The molecule has 5 heteroatoms. The lowest BCUT2D eigenvalue weighted by Gasteiger charge is -2.35. The number of hydrogen-bond acceptors (Lipinski definition) is 3. The fourth-order valence-electron chi connectivity index (χ4n) is 2.36. The van der Waals surface area contributed by atoms with Gasteiger partial charge in [-0.2, -0.15) is 0 Å². The smallest absolute Gasteiger partial charge is 0.251 e. The number of nitrogens with zero attached hydrogens (tertiary/aromatic N) is 2. The maximum absolute atomic E-state index is 12.1. The largest absolute Gasteiger partial charge is 0.384 e. The molecule has 2 amide bonds. The molecule has 1 aromatic rings. The van der Waals surface area contributed by atoms with Crippen LogP contribution in [0, 0.1) is 6.92 Å². The average Bonchev–Trinajstić information content (AvgIpc) is 2.40. The van der Waals surface area contributed by atoms with Crippen LogP contribution in [0.3, 0.4) is 0 Å². The molecule has 0 aromatic heterocycles. The van der Waals surface area contributed by atoms with E-state index in [0.717, 1.165) is 11.1 Å². The van der Waals surface area contributed by atoms with Gasteiger partial charge in [0.15, 0.2) is 0 Å². The first-order valence-corrected chi connectivity index (χ1v) is 6.77. The SMILES string of the molecule is Cc1cccc(CN2CCN(C(=O)C(C)O)CC2=O)c1. The van der Waals surface area contributed by atoms with E-state index in [9.17, 15) is 14.7 Å². The molecule has 2 rings (SSSR count). The lowest BCUT2D eigenvalue weighted by Crippen LogP contribution is -2.53. The van der Waals surface area contributed by atoms with Crippen molar-refractivity contribution in [2.24, 2.45) is 0 Å². The highest BCUT2D eigenvalue weighted by Gasteiger charge is 2.28. The highest BCUT2D eigenvalue weighted by molar-refractivity contribution is 5.87. The number of aryl methyl sites for hydroxylation is 1. The Kier molecular flexibility index (Phi) is 4.39. The molecule has 1 aliphatic heterocycles. The number of benzene rings is 1. The van der Waals surface area contributed by atoms with E-state index in [4.69, 9.17) is 0 Å². The van der Waals surface area contributed by atoms with Crippen LogP contribution >= 0.6 is 0 Å². The van der Waals surface area contributed by atoms with Crippen molar-refractivity contribution in [1.82, 2.24) is 9.80 Å². The Hall–Kier alpha value is -1.88. The van der Waals surface area contributed by atoms with Gasteiger partial charge in [0.05, 0.1) is 6.54 Å². The Balaban J connectivity index is 1.97. The summed E-state index contributed by atoms with van der Waals surface area (Å²) in [7, 11) is 0. The zero-order chi connectivity index (χ0) is 14.7. The topological polar surface area (TPSA) is 60.9 Å². The number of carbonyl (C=O) groups is 2. The first-order valence-electron chi connectivity index (χ1n) is 6.77. The van der Waals surface area contributed by atoms with Crippen molar-refractivity contribution in [2.75, 3.05) is 19.6 Å². The second-order valence-corrected chi connectivity index (χ2v) is 5.24. The van der Waals surface area contributed by atoms with Crippen molar-refractivity contribution < 1.29 is 14.7 Å². The van der Waals surface area contributed by atoms with Gasteiger partial charge < -0.3 is 14.9 Å². The number of carbonyl (C=O) groups excluding carboxylic acids is 2. The molecule has 0 saturated carbocycles. The van der Waals surface area contributed by atoms with E-state index in [-0.39, 0.29) is 18.4 Å². The van der Waals surface area contributed by atoms with Crippen LogP contribution in [0.2, 0.25) is 0 Å². The van der Waals surface area contributed by atoms with Gasteiger partial charge in [0.25, 0.3) is 5.91 Å². The zero-order valence-corrected chi connectivity index (χ0v) is 11.9. The Morgan fingerprint density at radius 2 is 2.15 bits per heavy atom. The van der Waals surface area contributed by atoms with Gasteiger partial charge in [-0.05, 0) is 19.4 Å². The molecule has 1 aromatic carbocycles. The molecule has 1 heterocycles. The molecule has 1 atom stereocenters. The van der Waals surface area contributed by atoms with Crippen LogP contribution in [0.25, 0.3) is 0 Å². The minimum Gasteiger partial charge on any atom is -0.384 e. The molecule has 0 aliphatic carbocycles. The number of rotatable bonds is 3. The fraction of sp³-hybridized carbons (Fsp3) is 0.467. The second-order valence-electron chi connectivity index (χ2n) is 5.24. The minimum atomic E-state index is -1.05. The third-order valence-electron chi connectivity index (χ3n) is 3.44. The number of amides is 2. The number of hydrogen-bond donors (Lipinski definition) is 1. The molecule has 1 aliphatic rings. The fourth-order valence-corrected chi connectivity index (χ4v) is 2.36. The molecule has 1 N–H and O–H groups in total. The van der Waals surface area contributed by atoms with Crippen LogP contribution in [0.1, 0.15) is 18.1 Å². The van der Waals surface area contributed by atoms with Crippen molar-refractivity contribution in [2.45, 2.75) is 26.5 Å². The molecule has 108 valence electrons. The summed E-state index contributed by atoms with van der Waals surface area (Å²) >= 11 is 0. The molecule has 0 radical (unpaired) electrons. The lowest BCUT2D eigenvalue weighted by atomic mass is 10.1. The first kappa shape index (κ1) is 14.5. The standard InChI is InChI=1S/C15H20N2O3/c1-11-4-3-5-13(8-11)9-16-6-7-17(10-14(16)19)15(20)12(2)18/h3-5,8,12,18H,6-7,9-10H2,1-2H3. The monoisotopic (exact) mass is 276 g/mol. The van der Waals surface area contributed by atoms with Crippen LogP contribution in [0.5, 0.6) is 0 Å². The molecule has 0 spiro atoms. The predicted octanol–water partition coefficient (Wildman–Crippen LogP) is 0.547. The normalized spacial score (nSPS) is 17.2. The highest BCUT2D eigenvalue weighted by Crippen LogP contribution is 2.12. The van der Waals surface area contributed by atoms with Crippen LogP contribution in [-0.2, 0) is 16.1 Å². The van der Waals surface area contributed by atoms with Crippen LogP contribution in [-0.4, -0.2) is 52.5 Å². The van der Waals surface area contributed by atoms with E-state index in [1.165, 1.54) is 11.8 Å². The molecular weight excluding hydrogens is 256 g/mol. The molecule has 1 unspecified atom stereocenters. The average molecular weight is 276 g/mol. The molecule has 1 fully saturated rings. The molecular formula is C15H20N2O3. The summed E-state index contributed by atoms with van der Waals surface area (Å²) < 4.78 is 0. The van der Waals surface area contributed by atoms with E-state index in [0.29, 0.717) is 19.6 Å². The van der Waals surface area contributed by atoms with E-state index in [1.807, 2.05) is 25.1 Å². The zero-order valence-electron chi connectivity index (χ0n) is 11.9. The van der Waals surface area contributed by atoms with Gasteiger partial charge in [-0.15, -0.1) is 0 Å². The molecule has 20 heavy (non-hydrogen) atoms. The van der Waals surface area contributed by atoms with Gasteiger partial charge in [0, 0.05) is 19.6 Å².